The van der Waals surface area contributed by atoms with Gasteiger partial charge < -0.3 is 0 Å². The van der Waals surface area contributed by atoms with Gasteiger partial charge in [-0.15, -0.1) is 22.7 Å². The number of hydrogen-bond donors (Lipinski definition) is 0. The normalized spacial score (nSPS) is 11.8. The van der Waals surface area contributed by atoms with Gasteiger partial charge in [-0.2, -0.15) is 10.2 Å². The van der Waals surface area contributed by atoms with E-state index in [-0.39, 0.29) is 0 Å². The van der Waals surface area contributed by atoms with Gasteiger partial charge in [0.1, 0.15) is 10.0 Å². The lowest BCUT2D eigenvalue weighted by atomic mass is 10.1. The quantitative estimate of drug-likeness (QED) is 0.224. The third-order valence-corrected chi connectivity index (χ3v) is 9.14. The van der Waals surface area contributed by atoms with E-state index in [0.717, 1.165) is 43.6 Å². The maximum absolute atomic E-state index is 4.82. The second-order valence-electron chi connectivity index (χ2n) is 9.04. The minimum absolute atomic E-state index is 0.813. The van der Waals surface area contributed by atoms with Gasteiger partial charge in [0.25, 0.3) is 0 Å². The molecular weight excluding hydrogens is 480 g/mol. The van der Waals surface area contributed by atoms with Gasteiger partial charge in [0.15, 0.2) is 0 Å². The second-order valence-corrected chi connectivity index (χ2v) is 11.0. The Balaban J connectivity index is 1.19. The number of rotatable bonds is 4. The third-order valence-electron chi connectivity index (χ3n) is 6.66. The molecule has 0 aliphatic carbocycles. The average Bonchev–Trinajstić information content (AvgIpc) is 3.54. The van der Waals surface area contributed by atoms with Crippen molar-refractivity contribution in [3.05, 3.63) is 95.1 Å². The van der Waals surface area contributed by atoms with Gasteiger partial charge in [-0.25, -0.2) is 9.97 Å². The summed E-state index contributed by atoms with van der Waals surface area (Å²) >= 11 is 3.48. The summed E-state index contributed by atoms with van der Waals surface area (Å²) in [4.78, 5) is 9.65. The molecule has 176 valence electrons. The van der Waals surface area contributed by atoms with Crippen molar-refractivity contribution in [2.45, 2.75) is 27.7 Å². The van der Waals surface area contributed by atoms with E-state index in [9.17, 15) is 0 Å². The maximum Gasteiger partial charge on any atom is 0.124 e. The minimum Gasteiger partial charge on any atom is -0.236 e. The Bertz CT molecular complexity index is 1630. The molecule has 0 radical (unpaired) electrons. The fourth-order valence-electron chi connectivity index (χ4n) is 4.15. The zero-order chi connectivity index (χ0) is 24.8. The van der Waals surface area contributed by atoms with E-state index in [1.807, 2.05) is 24.3 Å². The summed E-state index contributed by atoms with van der Waals surface area (Å²) < 4.78 is 2.52. The second kappa shape index (κ2) is 9.04. The van der Waals surface area contributed by atoms with Gasteiger partial charge in [-0.3, -0.25) is 0 Å². The molecule has 4 aromatic carbocycles. The minimum atomic E-state index is 0.813. The number of thiazole rings is 2. The topological polar surface area (TPSA) is 50.5 Å². The summed E-state index contributed by atoms with van der Waals surface area (Å²) in [6, 6.07) is 24.7. The molecule has 0 fully saturated rings. The molecule has 0 unspecified atom stereocenters. The fourth-order valence-corrected chi connectivity index (χ4v) is 6.39. The predicted octanol–water partition coefficient (Wildman–Crippen LogP) is 9.89. The number of hydrogen-bond acceptors (Lipinski definition) is 6. The van der Waals surface area contributed by atoms with Gasteiger partial charge >= 0.3 is 0 Å². The number of azo groups is 1. The summed E-state index contributed by atoms with van der Waals surface area (Å²) in [6.07, 6.45) is 0. The zero-order valence-corrected chi connectivity index (χ0v) is 22.2. The lowest BCUT2D eigenvalue weighted by Crippen LogP contribution is -1.79. The van der Waals surface area contributed by atoms with Crippen molar-refractivity contribution in [3.63, 3.8) is 0 Å². The van der Waals surface area contributed by atoms with Crippen LogP contribution in [0.15, 0.2) is 83.0 Å². The molecule has 0 aliphatic heterocycles. The molecule has 6 rings (SSSR count). The largest absolute Gasteiger partial charge is 0.236 e. The highest BCUT2D eigenvalue weighted by atomic mass is 32.1. The predicted molar refractivity (Wildman–Crippen MR) is 153 cm³/mol. The van der Waals surface area contributed by atoms with E-state index in [0.29, 0.717) is 0 Å². The van der Waals surface area contributed by atoms with Crippen LogP contribution in [0.25, 0.3) is 41.6 Å². The molecule has 0 saturated heterocycles. The summed E-state index contributed by atoms with van der Waals surface area (Å²) in [5.41, 5.74) is 11.1. The first kappa shape index (κ1) is 22.7. The summed E-state index contributed by atoms with van der Waals surface area (Å²) in [5.74, 6) is 0. The SMILES string of the molecule is Cc1ccc2nc(-c3ccc(N=Nc4ccc(-c5nc6ccc(C)c(C)c6s5)cc4)cc3)sc2c1C. The lowest BCUT2D eigenvalue weighted by molar-refractivity contribution is 1.23. The molecule has 0 spiro atoms. The number of aryl methyl sites for hydroxylation is 4. The first-order chi connectivity index (χ1) is 17.5. The van der Waals surface area contributed by atoms with E-state index < -0.39 is 0 Å². The number of aromatic nitrogens is 2. The molecule has 0 bridgehead atoms. The van der Waals surface area contributed by atoms with E-state index in [1.165, 1.54) is 31.7 Å². The highest BCUT2D eigenvalue weighted by Crippen LogP contribution is 2.35. The third kappa shape index (κ3) is 4.12. The van der Waals surface area contributed by atoms with E-state index in [2.05, 4.69) is 86.5 Å². The molecule has 0 saturated carbocycles. The van der Waals surface area contributed by atoms with E-state index in [1.54, 1.807) is 22.7 Å². The van der Waals surface area contributed by atoms with Crippen molar-refractivity contribution in [2.24, 2.45) is 10.2 Å². The Morgan fingerprint density at radius 3 is 1.28 bits per heavy atom. The van der Waals surface area contributed by atoms with Crippen LogP contribution in [0.4, 0.5) is 11.4 Å². The first-order valence-corrected chi connectivity index (χ1v) is 13.5. The van der Waals surface area contributed by atoms with E-state index >= 15 is 0 Å². The Kier molecular flexibility index (Phi) is 5.70. The summed E-state index contributed by atoms with van der Waals surface area (Å²) in [5, 5.41) is 10.9. The number of nitrogens with zero attached hydrogens (tertiary/aromatic N) is 4. The van der Waals surface area contributed by atoms with Crippen LogP contribution in [0.5, 0.6) is 0 Å². The lowest BCUT2D eigenvalue weighted by Gasteiger charge is -1.99. The summed E-state index contributed by atoms with van der Waals surface area (Å²) in [6.45, 7) is 8.61. The molecular formula is C30H24N4S2. The van der Waals surface area contributed by atoms with Crippen LogP contribution in [0, 0.1) is 27.7 Å². The van der Waals surface area contributed by atoms with Crippen LogP contribution in [-0.2, 0) is 0 Å². The van der Waals surface area contributed by atoms with Crippen molar-refractivity contribution in [3.8, 4) is 21.1 Å². The Morgan fingerprint density at radius 1 is 0.500 bits per heavy atom. The van der Waals surface area contributed by atoms with Crippen LogP contribution in [0.2, 0.25) is 0 Å². The average molecular weight is 505 g/mol. The van der Waals surface area contributed by atoms with Crippen molar-refractivity contribution in [1.82, 2.24) is 9.97 Å². The first-order valence-electron chi connectivity index (χ1n) is 11.8. The van der Waals surface area contributed by atoms with Crippen LogP contribution in [0.1, 0.15) is 22.3 Å². The van der Waals surface area contributed by atoms with Gasteiger partial charge in [-0.05, 0) is 111 Å². The van der Waals surface area contributed by atoms with Gasteiger partial charge in [0.05, 0.1) is 31.8 Å². The molecule has 0 aliphatic rings. The molecule has 0 N–H and O–H groups in total. The van der Waals surface area contributed by atoms with Gasteiger partial charge in [-0.1, -0.05) is 12.1 Å². The van der Waals surface area contributed by atoms with Crippen molar-refractivity contribution < 1.29 is 0 Å². The zero-order valence-electron chi connectivity index (χ0n) is 20.5. The van der Waals surface area contributed by atoms with Gasteiger partial charge in [0, 0.05) is 11.1 Å². The van der Waals surface area contributed by atoms with Gasteiger partial charge in [0.2, 0.25) is 0 Å². The van der Waals surface area contributed by atoms with Crippen LogP contribution in [0.3, 0.4) is 0 Å². The van der Waals surface area contributed by atoms with E-state index in [4.69, 9.17) is 9.97 Å². The molecule has 4 nitrogen and oxygen atoms in total. The van der Waals surface area contributed by atoms with Crippen LogP contribution in [-0.4, -0.2) is 9.97 Å². The fraction of sp³-hybridized carbons (Fsp3) is 0.133. The monoisotopic (exact) mass is 504 g/mol. The molecule has 2 heterocycles. The molecule has 6 heteroatoms. The number of benzene rings is 4. The molecule has 6 aromatic rings. The Morgan fingerprint density at radius 2 is 0.889 bits per heavy atom. The Labute approximate surface area is 218 Å². The molecule has 0 amide bonds. The molecule has 0 atom stereocenters. The smallest absolute Gasteiger partial charge is 0.124 e. The highest BCUT2D eigenvalue weighted by Gasteiger charge is 2.11. The maximum atomic E-state index is 4.82. The van der Waals surface area contributed by atoms with Crippen LogP contribution < -0.4 is 0 Å². The summed E-state index contributed by atoms with van der Waals surface area (Å²) in [7, 11) is 0. The highest BCUT2D eigenvalue weighted by molar-refractivity contribution is 7.22. The molecule has 2 aromatic heterocycles. The molecule has 36 heavy (non-hydrogen) atoms. The Hall–Kier alpha value is -3.74. The van der Waals surface area contributed by atoms with Crippen molar-refractivity contribution >= 4 is 54.5 Å². The standard InChI is InChI=1S/C30H24N4S2/c1-17-5-15-25-27(19(17)3)35-29(31-25)21-7-11-23(12-8-21)33-34-24-13-9-22(10-14-24)30-32-26-16-6-18(2)20(4)28(26)36-30/h5-16H,1-4H3. The number of fused-ring (bicyclic) bond motifs is 2. The van der Waals surface area contributed by atoms with Crippen molar-refractivity contribution in [1.29, 1.82) is 0 Å². The van der Waals surface area contributed by atoms with Crippen LogP contribution >= 0.6 is 22.7 Å². The van der Waals surface area contributed by atoms with Crippen molar-refractivity contribution in [2.75, 3.05) is 0 Å².